The highest BCUT2D eigenvalue weighted by Gasteiger charge is 2.31. The van der Waals surface area contributed by atoms with Gasteiger partial charge in [-0.1, -0.05) is 19.1 Å². The van der Waals surface area contributed by atoms with Crippen molar-refractivity contribution in [3.8, 4) is 5.75 Å². The van der Waals surface area contributed by atoms with Crippen molar-refractivity contribution >= 4 is 12.0 Å². The Hall–Kier alpha value is -2.54. The Morgan fingerprint density at radius 1 is 1.28 bits per heavy atom. The first-order valence-electron chi connectivity index (χ1n) is 8.40. The third-order valence-electron chi connectivity index (χ3n) is 3.91. The van der Waals surface area contributed by atoms with E-state index in [1.807, 2.05) is 31.2 Å². The third-order valence-corrected chi connectivity index (χ3v) is 3.91. The molecule has 2 amide bonds. The summed E-state index contributed by atoms with van der Waals surface area (Å²) in [5.74, 6) is 0.381. The molecule has 0 saturated heterocycles. The molecule has 3 N–H and O–H groups in total. The van der Waals surface area contributed by atoms with Crippen LogP contribution >= 0.6 is 0 Å². The summed E-state index contributed by atoms with van der Waals surface area (Å²) in [6, 6.07) is 7.05. The number of carbonyl (C=O) groups is 2. The maximum atomic E-state index is 12.3. The van der Waals surface area contributed by atoms with Gasteiger partial charge in [0.15, 0.2) is 0 Å². The van der Waals surface area contributed by atoms with Crippen LogP contribution < -0.4 is 20.7 Å². The number of rotatable bonds is 8. The normalized spacial score (nSPS) is 16.9. The fraction of sp³-hybridized carbons (Fsp3) is 0.444. The predicted molar refractivity (Wildman–Crippen MR) is 94.1 cm³/mol. The zero-order valence-corrected chi connectivity index (χ0v) is 14.8. The van der Waals surface area contributed by atoms with Gasteiger partial charge < -0.3 is 25.4 Å². The van der Waals surface area contributed by atoms with Gasteiger partial charge in [-0.2, -0.15) is 0 Å². The molecule has 0 spiro atoms. The second-order valence-electron chi connectivity index (χ2n) is 5.63. The van der Waals surface area contributed by atoms with Gasteiger partial charge in [0.05, 0.1) is 25.3 Å². The van der Waals surface area contributed by atoms with Crippen molar-refractivity contribution in [1.82, 2.24) is 16.0 Å². The molecule has 0 aliphatic carbocycles. The molecule has 0 unspecified atom stereocenters. The summed E-state index contributed by atoms with van der Waals surface area (Å²) < 4.78 is 10.3. The van der Waals surface area contributed by atoms with Crippen LogP contribution in [0.3, 0.4) is 0 Å². The van der Waals surface area contributed by atoms with E-state index >= 15 is 0 Å². The van der Waals surface area contributed by atoms with Crippen molar-refractivity contribution in [3.05, 3.63) is 41.1 Å². The van der Waals surface area contributed by atoms with Crippen molar-refractivity contribution in [1.29, 1.82) is 0 Å². The van der Waals surface area contributed by atoms with Gasteiger partial charge >= 0.3 is 12.0 Å². The maximum absolute atomic E-state index is 12.3. The molecule has 1 atom stereocenters. The minimum absolute atomic E-state index is 0.289. The van der Waals surface area contributed by atoms with Crippen molar-refractivity contribution in [2.45, 2.75) is 32.9 Å². The summed E-state index contributed by atoms with van der Waals surface area (Å²) >= 11 is 0. The summed E-state index contributed by atoms with van der Waals surface area (Å²) in [4.78, 5) is 24.1. The van der Waals surface area contributed by atoms with E-state index in [1.54, 1.807) is 14.0 Å². The lowest BCUT2D eigenvalue weighted by molar-refractivity contribution is -0.139. The van der Waals surface area contributed by atoms with E-state index in [2.05, 4.69) is 16.0 Å². The Morgan fingerprint density at radius 2 is 2.08 bits per heavy atom. The fourth-order valence-electron chi connectivity index (χ4n) is 2.72. The largest absolute Gasteiger partial charge is 0.497 e. The molecule has 0 saturated carbocycles. The zero-order chi connectivity index (χ0) is 18.2. The van der Waals surface area contributed by atoms with E-state index in [-0.39, 0.29) is 18.7 Å². The quantitative estimate of drug-likeness (QED) is 0.623. The number of ether oxygens (including phenoxy) is 2. The summed E-state index contributed by atoms with van der Waals surface area (Å²) in [6.07, 6.45) is 0.612. The Balaban J connectivity index is 2.11. The number of urea groups is 1. The average Bonchev–Trinajstić information content (AvgIpc) is 2.61. The standard InChI is InChI=1S/C18H25N3O4/c1-4-14-16(17(22)25-5-2)15(21-18(23)20-14)11-19-10-12-7-6-8-13(9-12)24-3/h6-9,14,19H,4-5,10-11H2,1-3H3,(H2,20,21,23)/t14-/m1/s1. The lowest BCUT2D eigenvalue weighted by atomic mass is 10.00. The minimum atomic E-state index is -0.403. The molecule has 1 aromatic rings. The zero-order valence-electron chi connectivity index (χ0n) is 14.8. The summed E-state index contributed by atoms with van der Waals surface area (Å²) in [5.41, 5.74) is 2.07. The first kappa shape index (κ1) is 18.8. The number of nitrogens with one attached hydrogen (secondary N) is 3. The molecule has 1 aliphatic heterocycles. The first-order valence-corrected chi connectivity index (χ1v) is 8.40. The second kappa shape index (κ2) is 9.08. The van der Waals surface area contributed by atoms with E-state index in [1.165, 1.54) is 0 Å². The van der Waals surface area contributed by atoms with E-state index in [9.17, 15) is 9.59 Å². The fourth-order valence-corrected chi connectivity index (χ4v) is 2.72. The molecule has 0 radical (unpaired) electrons. The number of amides is 2. The van der Waals surface area contributed by atoms with Gasteiger partial charge in [0.2, 0.25) is 0 Å². The monoisotopic (exact) mass is 347 g/mol. The minimum Gasteiger partial charge on any atom is -0.497 e. The second-order valence-corrected chi connectivity index (χ2v) is 5.63. The van der Waals surface area contributed by atoms with Crippen LogP contribution in [0.2, 0.25) is 0 Å². The molecule has 0 aromatic heterocycles. The number of esters is 1. The average molecular weight is 347 g/mol. The molecule has 2 rings (SSSR count). The van der Waals surface area contributed by atoms with Crippen LogP contribution in [0.1, 0.15) is 25.8 Å². The highest BCUT2D eigenvalue weighted by atomic mass is 16.5. The van der Waals surface area contributed by atoms with Gasteiger partial charge in [-0.3, -0.25) is 0 Å². The van der Waals surface area contributed by atoms with Crippen LogP contribution in [0, 0.1) is 0 Å². The summed E-state index contributed by atoms with van der Waals surface area (Å²) in [6.45, 7) is 4.90. The Morgan fingerprint density at radius 3 is 2.76 bits per heavy atom. The van der Waals surface area contributed by atoms with Gasteiger partial charge in [-0.25, -0.2) is 9.59 Å². The molecule has 1 aliphatic rings. The molecular formula is C18H25N3O4. The van der Waals surface area contributed by atoms with Gasteiger partial charge in [-0.15, -0.1) is 0 Å². The maximum Gasteiger partial charge on any atom is 0.337 e. The highest BCUT2D eigenvalue weighted by molar-refractivity contribution is 5.94. The highest BCUT2D eigenvalue weighted by Crippen LogP contribution is 2.17. The number of hydrogen-bond acceptors (Lipinski definition) is 5. The van der Waals surface area contributed by atoms with E-state index in [0.29, 0.717) is 30.8 Å². The van der Waals surface area contributed by atoms with Crippen molar-refractivity contribution in [2.24, 2.45) is 0 Å². The molecular weight excluding hydrogens is 322 g/mol. The van der Waals surface area contributed by atoms with Gasteiger partial charge in [-0.05, 0) is 31.0 Å². The third kappa shape index (κ3) is 4.96. The molecule has 1 heterocycles. The lowest BCUT2D eigenvalue weighted by Crippen LogP contribution is -2.51. The van der Waals surface area contributed by atoms with Gasteiger partial charge in [0, 0.05) is 18.8 Å². The number of methoxy groups -OCH3 is 1. The molecule has 136 valence electrons. The Bertz CT molecular complexity index is 657. The molecule has 7 nitrogen and oxygen atoms in total. The SMILES string of the molecule is CCOC(=O)C1=C(CNCc2cccc(OC)c2)NC(=O)N[C@@H]1CC. The first-order chi connectivity index (χ1) is 12.1. The van der Waals surface area contributed by atoms with Gasteiger partial charge in [0.1, 0.15) is 5.75 Å². The van der Waals surface area contributed by atoms with Crippen LogP contribution in [0.15, 0.2) is 35.5 Å². The molecule has 0 fully saturated rings. The Kier molecular flexibility index (Phi) is 6.82. The topological polar surface area (TPSA) is 88.7 Å². The van der Waals surface area contributed by atoms with Crippen LogP contribution in [-0.4, -0.2) is 38.3 Å². The van der Waals surface area contributed by atoms with Crippen molar-refractivity contribution in [3.63, 3.8) is 0 Å². The van der Waals surface area contributed by atoms with Gasteiger partial charge in [0.25, 0.3) is 0 Å². The van der Waals surface area contributed by atoms with Crippen LogP contribution in [0.25, 0.3) is 0 Å². The Labute approximate surface area is 147 Å². The molecule has 0 bridgehead atoms. The van der Waals surface area contributed by atoms with E-state index in [0.717, 1.165) is 11.3 Å². The predicted octanol–water partition coefficient (Wildman–Crippen LogP) is 1.69. The smallest absolute Gasteiger partial charge is 0.337 e. The van der Waals surface area contributed by atoms with Crippen LogP contribution in [-0.2, 0) is 16.1 Å². The van der Waals surface area contributed by atoms with Crippen molar-refractivity contribution in [2.75, 3.05) is 20.3 Å². The molecule has 7 heteroatoms. The summed E-state index contributed by atoms with van der Waals surface area (Å²) in [7, 11) is 1.62. The molecule has 1 aromatic carbocycles. The van der Waals surface area contributed by atoms with E-state index < -0.39 is 5.97 Å². The van der Waals surface area contributed by atoms with Crippen LogP contribution in [0.5, 0.6) is 5.75 Å². The van der Waals surface area contributed by atoms with E-state index in [4.69, 9.17) is 9.47 Å². The van der Waals surface area contributed by atoms with Crippen LogP contribution in [0.4, 0.5) is 4.79 Å². The number of carbonyl (C=O) groups excluding carboxylic acids is 2. The molecule has 25 heavy (non-hydrogen) atoms. The number of benzene rings is 1. The number of hydrogen-bond donors (Lipinski definition) is 3. The van der Waals surface area contributed by atoms with Crippen molar-refractivity contribution < 1.29 is 19.1 Å². The lowest BCUT2D eigenvalue weighted by Gasteiger charge is -2.28. The summed E-state index contributed by atoms with van der Waals surface area (Å²) in [5, 5.41) is 8.73.